The average Bonchev–Trinajstić information content (AvgIpc) is 3.04. The second-order valence-electron chi connectivity index (χ2n) is 10.1. The molecule has 0 bridgehead atoms. The normalized spacial score (nSPS) is 10.5. The maximum Gasteiger partial charge on any atom is 0.338 e. The summed E-state index contributed by atoms with van der Waals surface area (Å²) in [5.74, 6) is -2.22. The molecule has 10 heteroatoms. The van der Waals surface area contributed by atoms with E-state index in [2.05, 4.69) is 30.3 Å². The summed E-state index contributed by atoms with van der Waals surface area (Å²) in [6, 6.07) is 18.8. The molecule has 238 valence electrons. The van der Waals surface area contributed by atoms with Gasteiger partial charge >= 0.3 is 17.9 Å². The molecule has 1 N–H and O–H groups in total. The van der Waals surface area contributed by atoms with Crippen LogP contribution >= 0.6 is 0 Å². The minimum Gasteiger partial charge on any atom is -0.423 e. The maximum absolute atomic E-state index is 13.2. The molecule has 0 unspecified atom stereocenters. The Hall–Kier alpha value is -6.42. The first kappa shape index (κ1) is 35.1. The molecule has 0 amide bonds. The number of nitrogens with zero attached hydrogens (tertiary/aromatic N) is 1. The number of hydrazone groups is 1. The summed E-state index contributed by atoms with van der Waals surface area (Å²) >= 11 is 0. The van der Waals surface area contributed by atoms with Crippen LogP contribution in [0.3, 0.4) is 0 Å². The smallest absolute Gasteiger partial charge is 0.338 e. The highest BCUT2D eigenvalue weighted by Crippen LogP contribution is 2.18. The van der Waals surface area contributed by atoms with E-state index in [9.17, 15) is 24.0 Å². The first-order valence-corrected chi connectivity index (χ1v) is 14.0. The van der Waals surface area contributed by atoms with E-state index in [4.69, 9.17) is 14.2 Å². The predicted molar refractivity (Wildman–Crippen MR) is 180 cm³/mol. The predicted octanol–water partition coefficient (Wildman–Crippen LogP) is 6.46. The van der Waals surface area contributed by atoms with E-state index in [1.807, 2.05) is 0 Å². The number of ether oxygens (including phenoxy) is 3. The summed E-state index contributed by atoms with van der Waals surface area (Å²) in [6.45, 7) is 15.2. The molecule has 3 aromatic carbocycles. The minimum atomic E-state index is -0.695. The lowest BCUT2D eigenvalue weighted by Gasteiger charge is -2.06. The SMILES string of the molecule is C=C(C)C(=O)Oc1ccc(/C=C/C(=O)C(=NNc2ccc(OC(=O)C(=C)C)cc2)C(=O)/C=C/c2ccc(OC(=O)C(=C)C)cc2)cc1. The zero-order valence-electron chi connectivity index (χ0n) is 26.1. The zero-order chi connectivity index (χ0) is 34.5. The van der Waals surface area contributed by atoms with E-state index in [1.54, 1.807) is 60.7 Å². The summed E-state index contributed by atoms with van der Waals surface area (Å²) in [7, 11) is 0. The van der Waals surface area contributed by atoms with Crippen molar-refractivity contribution in [2.75, 3.05) is 5.43 Å². The van der Waals surface area contributed by atoms with E-state index >= 15 is 0 Å². The summed E-state index contributed by atoms with van der Waals surface area (Å²) < 4.78 is 15.5. The number of nitrogens with one attached hydrogen (secondary N) is 1. The number of anilines is 1. The number of benzene rings is 3. The topological polar surface area (TPSA) is 137 Å². The van der Waals surface area contributed by atoms with Crippen molar-refractivity contribution in [3.63, 3.8) is 0 Å². The molecule has 10 nitrogen and oxygen atoms in total. The highest BCUT2D eigenvalue weighted by atomic mass is 16.5. The van der Waals surface area contributed by atoms with Crippen molar-refractivity contribution in [1.29, 1.82) is 0 Å². The van der Waals surface area contributed by atoms with Gasteiger partial charge in [0.1, 0.15) is 17.2 Å². The molecule has 0 aliphatic rings. The molecule has 3 aromatic rings. The van der Waals surface area contributed by atoms with Gasteiger partial charge in [-0.25, -0.2) is 14.4 Å². The van der Waals surface area contributed by atoms with E-state index in [0.29, 0.717) is 28.3 Å². The lowest BCUT2D eigenvalue weighted by molar-refractivity contribution is -0.130. The molecular weight excluding hydrogens is 600 g/mol. The summed E-state index contributed by atoms with van der Waals surface area (Å²) in [4.78, 5) is 61.7. The molecular formula is C37H32N2O8. The first-order chi connectivity index (χ1) is 22.3. The third-order valence-corrected chi connectivity index (χ3v) is 5.91. The quantitative estimate of drug-likeness (QED) is 0.0530. The number of rotatable bonds is 14. The van der Waals surface area contributed by atoms with Gasteiger partial charge in [-0.3, -0.25) is 15.0 Å². The largest absolute Gasteiger partial charge is 0.423 e. The van der Waals surface area contributed by atoms with Crippen LogP contribution in [0.25, 0.3) is 12.2 Å². The highest BCUT2D eigenvalue weighted by molar-refractivity contribution is 6.70. The van der Waals surface area contributed by atoms with Gasteiger partial charge in [0.25, 0.3) is 0 Å². The molecule has 0 fully saturated rings. The van der Waals surface area contributed by atoms with Gasteiger partial charge in [-0.2, -0.15) is 5.10 Å². The van der Waals surface area contributed by atoms with Crippen LogP contribution in [0.4, 0.5) is 5.69 Å². The molecule has 0 spiro atoms. The number of hydrogen-bond donors (Lipinski definition) is 1. The Kier molecular flexibility index (Phi) is 12.4. The fraction of sp³-hybridized carbons (Fsp3) is 0.0811. The van der Waals surface area contributed by atoms with Crippen molar-refractivity contribution in [3.05, 3.63) is 133 Å². The Morgan fingerprint density at radius 3 is 1.19 bits per heavy atom. The molecule has 0 radical (unpaired) electrons. The maximum atomic E-state index is 13.2. The van der Waals surface area contributed by atoms with Crippen molar-refractivity contribution in [1.82, 2.24) is 0 Å². The number of hydrogen-bond acceptors (Lipinski definition) is 10. The first-order valence-electron chi connectivity index (χ1n) is 14.0. The summed E-state index contributed by atoms with van der Waals surface area (Å²) in [6.07, 6.45) is 5.34. The molecule has 47 heavy (non-hydrogen) atoms. The summed E-state index contributed by atoms with van der Waals surface area (Å²) in [5, 5.41) is 4.08. The molecule has 3 rings (SSSR count). The van der Waals surface area contributed by atoms with Crippen molar-refractivity contribution in [3.8, 4) is 17.2 Å². The van der Waals surface area contributed by atoms with Crippen LogP contribution in [0.1, 0.15) is 31.9 Å². The number of ketones is 2. The van der Waals surface area contributed by atoms with E-state index in [1.165, 1.54) is 57.2 Å². The molecule has 0 saturated carbocycles. The number of carbonyl (C=O) groups is 5. The van der Waals surface area contributed by atoms with Crippen LogP contribution < -0.4 is 19.6 Å². The molecule has 0 atom stereocenters. The Morgan fingerprint density at radius 1 is 0.553 bits per heavy atom. The third kappa shape index (κ3) is 11.2. The van der Waals surface area contributed by atoms with Crippen LogP contribution in [0.15, 0.2) is 127 Å². The zero-order valence-corrected chi connectivity index (χ0v) is 26.1. The minimum absolute atomic E-state index is 0.240. The van der Waals surface area contributed by atoms with Crippen molar-refractivity contribution in [2.24, 2.45) is 5.10 Å². The van der Waals surface area contributed by atoms with Crippen LogP contribution in [-0.2, 0) is 24.0 Å². The van der Waals surface area contributed by atoms with Crippen LogP contribution in [-0.4, -0.2) is 35.2 Å². The van der Waals surface area contributed by atoms with E-state index < -0.39 is 35.2 Å². The van der Waals surface area contributed by atoms with Crippen molar-refractivity contribution in [2.45, 2.75) is 20.8 Å². The number of carbonyl (C=O) groups excluding carboxylic acids is 5. The lowest BCUT2D eigenvalue weighted by Crippen LogP contribution is -2.22. The van der Waals surface area contributed by atoms with E-state index in [0.717, 1.165) is 0 Å². The van der Waals surface area contributed by atoms with E-state index in [-0.39, 0.29) is 22.5 Å². The van der Waals surface area contributed by atoms with Gasteiger partial charge in [0.2, 0.25) is 11.6 Å². The van der Waals surface area contributed by atoms with Crippen LogP contribution in [0.2, 0.25) is 0 Å². The van der Waals surface area contributed by atoms with Gasteiger partial charge in [0, 0.05) is 16.7 Å². The summed E-state index contributed by atoms with van der Waals surface area (Å²) in [5.41, 5.74) is 4.60. The fourth-order valence-electron chi connectivity index (χ4n) is 3.33. The monoisotopic (exact) mass is 632 g/mol. The van der Waals surface area contributed by atoms with Gasteiger partial charge in [-0.1, -0.05) is 56.2 Å². The van der Waals surface area contributed by atoms with Gasteiger partial charge < -0.3 is 14.2 Å². The number of allylic oxidation sites excluding steroid dienone is 2. The Morgan fingerprint density at radius 2 is 0.872 bits per heavy atom. The van der Waals surface area contributed by atoms with Gasteiger partial charge in [-0.15, -0.1) is 0 Å². The van der Waals surface area contributed by atoms with Gasteiger partial charge in [-0.05, 0) is 92.6 Å². The Balaban J connectivity index is 1.81. The second-order valence-corrected chi connectivity index (χ2v) is 10.1. The molecule has 0 heterocycles. The fourth-order valence-corrected chi connectivity index (χ4v) is 3.33. The number of esters is 3. The Bertz CT molecular complexity index is 1720. The molecule has 0 aliphatic heterocycles. The Labute approximate surface area is 272 Å². The standard InChI is InChI=1S/C37H32N2O8/c1-23(2)35(42)45-29-15-7-26(8-16-29)11-21-32(40)34(39-38-28-13-19-31(20-14-28)47-37(44)25(5)6)33(41)22-12-27-9-17-30(18-10-27)46-36(43)24(3)4/h7-22,38H,1,3,5H2,2,4,6H3/b21-11+,22-12+. The van der Waals surface area contributed by atoms with Crippen LogP contribution in [0.5, 0.6) is 17.2 Å². The van der Waals surface area contributed by atoms with Gasteiger partial charge in [0.15, 0.2) is 5.71 Å². The van der Waals surface area contributed by atoms with Crippen molar-refractivity contribution >= 4 is 53.0 Å². The molecule has 0 aromatic heterocycles. The second kappa shape index (κ2) is 16.6. The molecule has 0 saturated heterocycles. The van der Waals surface area contributed by atoms with Crippen LogP contribution in [0, 0.1) is 0 Å². The highest BCUT2D eigenvalue weighted by Gasteiger charge is 2.17. The van der Waals surface area contributed by atoms with Gasteiger partial charge in [0.05, 0.1) is 5.69 Å². The third-order valence-electron chi connectivity index (χ3n) is 5.91. The van der Waals surface area contributed by atoms with Crippen molar-refractivity contribution < 1.29 is 38.2 Å². The molecule has 0 aliphatic carbocycles. The lowest BCUT2D eigenvalue weighted by atomic mass is 10.1. The average molecular weight is 633 g/mol.